The van der Waals surface area contributed by atoms with Crippen molar-refractivity contribution in [3.05, 3.63) is 34.3 Å². The van der Waals surface area contributed by atoms with Crippen LogP contribution in [0.3, 0.4) is 0 Å². The molecule has 2 amide bonds. The number of nitrogens with one attached hydrogen (secondary N) is 1. The lowest BCUT2D eigenvalue weighted by Gasteiger charge is -2.15. The van der Waals surface area contributed by atoms with Gasteiger partial charge in [-0.25, -0.2) is 0 Å². The maximum absolute atomic E-state index is 11.8. The molecule has 1 aliphatic rings. The lowest BCUT2D eigenvalue weighted by Crippen LogP contribution is -2.38. The molecule has 0 saturated carbocycles. The highest BCUT2D eigenvalue weighted by Gasteiger charge is 2.18. The number of nitrogens with zero attached hydrogens (tertiary/aromatic N) is 1. The van der Waals surface area contributed by atoms with E-state index in [1.165, 1.54) is 0 Å². The van der Waals surface area contributed by atoms with E-state index in [2.05, 4.69) is 21.2 Å². The Kier molecular flexibility index (Phi) is 4.36. The number of rotatable bonds is 3. The molecule has 1 N–H and O–H groups in total. The van der Waals surface area contributed by atoms with Gasteiger partial charge in [0.2, 0.25) is 5.91 Å². The lowest BCUT2D eigenvalue weighted by molar-refractivity contribution is -0.129. The fourth-order valence-corrected chi connectivity index (χ4v) is 2.20. The molecule has 1 aliphatic heterocycles. The topological polar surface area (TPSA) is 49.4 Å². The fourth-order valence-electron chi connectivity index (χ4n) is 1.94. The summed E-state index contributed by atoms with van der Waals surface area (Å²) in [6.45, 7) is 1.70. The van der Waals surface area contributed by atoms with Gasteiger partial charge in [-0.15, -0.1) is 0 Å². The first kappa shape index (κ1) is 13.1. The molecule has 18 heavy (non-hydrogen) atoms. The fraction of sp³-hybridized carbons (Fsp3) is 0.385. The normalized spacial score (nSPS) is 14.6. The maximum Gasteiger partial charge on any atom is 0.251 e. The largest absolute Gasteiger partial charge is 0.343 e. The molecule has 0 aromatic heterocycles. The summed E-state index contributed by atoms with van der Waals surface area (Å²) >= 11 is 3.31. The number of benzene rings is 1. The molecule has 1 saturated heterocycles. The Morgan fingerprint density at radius 2 is 1.78 bits per heavy atom. The molecule has 0 bridgehead atoms. The lowest BCUT2D eigenvalue weighted by atomic mass is 10.2. The zero-order valence-corrected chi connectivity index (χ0v) is 11.6. The molecule has 1 heterocycles. The molecule has 96 valence electrons. The van der Waals surface area contributed by atoms with Crippen molar-refractivity contribution >= 4 is 27.7 Å². The zero-order chi connectivity index (χ0) is 13.0. The van der Waals surface area contributed by atoms with E-state index >= 15 is 0 Å². The molecule has 0 atom stereocenters. The highest BCUT2D eigenvalue weighted by molar-refractivity contribution is 9.10. The van der Waals surface area contributed by atoms with Crippen LogP contribution in [0.5, 0.6) is 0 Å². The maximum atomic E-state index is 11.8. The Morgan fingerprint density at radius 1 is 1.17 bits per heavy atom. The van der Waals surface area contributed by atoms with Crippen LogP contribution in [0.15, 0.2) is 28.7 Å². The number of likely N-dealkylation sites (tertiary alicyclic amines) is 1. The molecule has 5 heteroatoms. The average molecular weight is 311 g/mol. The van der Waals surface area contributed by atoms with Gasteiger partial charge >= 0.3 is 0 Å². The van der Waals surface area contributed by atoms with E-state index < -0.39 is 0 Å². The van der Waals surface area contributed by atoms with Gasteiger partial charge in [-0.3, -0.25) is 9.59 Å². The number of hydrogen-bond acceptors (Lipinski definition) is 2. The first-order valence-electron chi connectivity index (χ1n) is 5.98. The predicted octanol–water partition coefficient (Wildman–Crippen LogP) is 1.80. The summed E-state index contributed by atoms with van der Waals surface area (Å²) < 4.78 is 0.923. The summed E-state index contributed by atoms with van der Waals surface area (Å²) in [6, 6.07) is 7.05. The Labute approximate surface area is 114 Å². The van der Waals surface area contributed by atoms with E-state index in [1.807, 2.05) is 0 Å². The van der Waals surface area contributed by atoms with Crippen molar-refractivity contribution in [2.24, 2.45) is 0 Å². The van der Waals surface area contributed by atoms with Crippen LogP contribution in [0, 0.1) is 0 Å². The van der Waals surface area contributed by atoms with E-state index in [1.54, 1.807) is 29.2 Å². The molecular weight excluding hydrogens is 296 g/mol. The highest BCUT2D eigenvalue weighted by Crippen LogP contribution is 2.10. The summed E-state index contributed by atoms with van der Waals surface area (Å²) in [7, 11) is 0. The van der Waals surface area contributed by atoms with Gasteiger partial charge in [0.1, 0.15) is 0 Å². The predicted molar refractivity (Wildman–Crippen MR) is 72.3 cm³/mol. The summed E-state index contributed by atoms with van der Waals surface area (Å²) in [6.07, 6.45) is 2.12. The Morgan fingerprint density at radius 3 is 2.39 bits per heavy atom. The van der Waals surface area contributed by atoms with E-state index in [9.17, 15) is 9.59 Å². The summed E-state index contributed by atoms with van der Waals surface area (Å²) in [4.78, 5) is 25.3. The van der Waals surface area contributed by atoms with E-state index in [-0.39, 0.29) is 18.4 Å². The van der Waals surface area contributed by atoms with Crippen LogP contribution >= 0.6 is 15.9 Å². The van der Waals surface area contributed by atoms with E-state index in [4.69, 9.17) is 0 Å². The molecule has 0 aliphatic carbocycles. The van der Waals surface area contributed by atoms with Crippen molar-refractivity contribution < 1.29 is 9.59 Å². The van der Waals surface area contributed by atoms with Gasteiger partial charge in [0.15, 0.2) is 0 Å². The minimum atomic E-state index is -0.213. The van der Waals surface area contributed by atoms with E-state index in [0.29, 0.717) is 5.56 Å². The van der Waals surface area contributed by atoms with Crippen molar-refractivity contribution in [2.45, 2.75) is 12.8 Å². The van der Waals surface area contributed by atoms with Crippen molar-refractivity contribution in [3.63, 3.8) is 0 Å². The molecule has 1 aromatic rings. The van der Waals surface area contributed by atoms with Crippen molar-refractivity contribution in [2.75, 3.05) is 19.6 Å². The second-order valence-corrected chi connectivity index (χ2v) is 5.19. The van der Waals surface area contributed by atoms with Gasteiger partial charge in [-0.05, 0) is 37.1 Å². The minimum Gasteiger partial charge on any atom is -0.343 e. The first-order chi connectivity index (χ1) is 8.66. The van der Waals surface area contributed by atoms with Crippen molar-refractivity contribution in [1.29, 1.82) is 0 Å². The SMILES string of the molecule is O=C(NCC(=O)N1CCCC1)c1ccc(Br)cc1. The number of amides is 2. The quantitative estimate of drug-likeness (QED) is 0.925. The second-order valence-electron chi connectivity index (χ2n) is 4.28. The Hall–Kier alpha value is -1.36. The molecule has 0 unspecified atom stereocenters. The first-order valence-corrected chi connectivity index (χ1v) is 6.77. The molecule has 0 radical (unpaired) electrons. The van der Waals surface area contributed by atoms with Crippen LogP contribution in [-0.4, -0.2) is 36.3 Å². The van der Waals surface area contributed by atoms with Gasteiger partial charge in [0, 0.05) is 23.1 Å². The second kappa shape index (κ2) is 6.00. The number of carbonyl (C=O) groups excluding carboxylic acids is 2. The highest BCUT2D eigenvalue weighted by atomic mass is 79.9. The molecule has 1 aromatic carbocycles. The van der Waals surface area contributed by atoms with Gasteiger partial charge < -0.3 is 10.2 Å². The van der Waals surface area contributed by atoms with Crippen LogP contribution in [0.25, 0.3) is 0 Å². The Balaban J connectivity index is 1.84. The van der Waals surface area contributed by atoms with Crippen molar-refractivity contribution in [1.82, 2.24) is 10.2 Å². The number of halogens is 1. The monoisotopic (exact) mass is 310 g/mol. The number of carbonyl (C=O) groups is 2. The van der Waals surface area contributed by atoms with Crippen LogP contribution in [-0.2, 0) is 4.79 Å². The van der Waals surface area contributed by atoms with Gasteiger partial charge in [-0.1, -0.05) is 15.9 Å². The third-order valence-electron chi connectivity index (χ3n) is 2.97. The average Bonchev–Trinajstić information content (AvgIpc) is 2.90. The van der Waals surface area contributed by atoms with Gasteiger partial charge in [0.25, 0.3) is 5.91 Å². The zero-order valence-electron chi connectivity index (χ0n) is 9.99. The Bertz CT molecular complexity index is 439. The molecule has 1 fully saturated rings. The molecule has 4 nitrogen and oxygen atoms in total. The summed E-state index contributed by atoms with van der Waals surface area (Å²) in [5.74, 6) is -0.215. The third kappa shape index (κ3) is 3.32. The van der Waals surface area contributed by atoms with Crippen LogP contribution < -0.4 is 5.32 Å². The number of hydrogen-bond donors (Lipinski definition) is 1. The minimum absolute atomic E-state index is 0.00189. The molecule has 0 spiro atoms. The van der Waals surface area contributed by atoms with Gasteiger partial charge in [-0.2, -0.15) is 0 Å². The molecular formula is C13H15BrN2O2. The summed E-state index contributed by atoms with van der Waals surface area (Å²) in [5, 5.41) is 2.65. The van der Waals surface area contributed by atoms with Crippen molar-refractivity contribution in [3.8, 4) is 0 Å². The van der Waals surface area contributed by atoms with Crippen LogP contribution in [0.1, 0.15) is 23.2 Å². The summed E-state index contributed by atoms with van der Waals surface area (Å²) in [5.41, 5.74) is 0.562. The van der Waals surface area contributed by atoms with Gasteiger partial charge in [0.05, 0.1) is 6.54 Å². The van der Waals surface area contributed by atoms with E-state index in [0.717, 1.165) is 30.4 Å². The van der Waals surface area contributed by atoms with Crippen LogP contribution in [0.2, 0.25) is 0 Å². The molecule has 2 rings (SSSR count). The van der Waals surface area contributed by atoms with Crippen LogP contribution in [0.4, 0.5) is 0 Å². The standard InChI is InChI=1S/C13H15BrN2O2/c14-11-5-3-10(4-6-11)13(18)15-9-12(17)16-7-1-2-8-16/h3-6H,1-2,7-9H2,(H,15,18). The third-order valence-corrected chi connectivity index (χ3v) is 3.49. The smallest absolute Gasteiger partial charge is 0.251 e.